The van der Waals surface area contributed by atoms with E-state index in [1.165, 1.54) is 30.2 Å². The number of hydrogen-bond donors (Lipinski definition) is 1. The largest absolute Gasteiger partial charge is 0.323 e. The van der Waals surface area contributed by atoms with E-state index in [2.05, 4.69) is 9.97 Å². The van der Waals surface area contributed by atoms with Crippen molar-refractivity contribution in [3.05, 3.63) is 54.4 Å². The minimum Gasteiger partial charge on any atom is -0.323 e. The van der Waals surface area contributed by atoms with Gasteiger partial charge in [0.1, 0.15) is 12.1 Å². The first-order valence-electron chi connectivity index (χ1n) is 5.14. The van der Waals surface area contributed by atoms with Crippen molar-refractivity contribution in [1.82, 2.24) is 9.97 Å². The maximum absolute atomic E-state index is 12.9. The molecule has 0 saturated carbocycles. The zero-order valence-corrected chi connectivity index (χ0v) is 9.90. The van der Waals surface area contributed by atoms with Crippen molar-refractivity contribution in [1.29, 1.82) is 0 Å². The Labute approximate surface area is 103 Å². The number of benzene rings is 1. The van der Waals surface area contributed by atoms with E-state index in [1.807, 2.05) is 6.07 Å². The molecule has 2 N–H and O–H groups in total. The quantitative estimate of drug-likeness (QED) is 0.845. The highest BCUT2D eigenvalue weighted by Crippen LogP contribution is 2.23. The Hall–Kier alpha value is -1.46. The van der Waals surface area contributed by atoms with Crippen LogP contribution < -0.4 is 5.73 Å². The lowest BCUT2D eigenvalue weighted by atomic mass is 10.2. The number of aromatic nitrogens is 2. The van der Waals surface area contributed by atoms with Crippen LogP contribution in [0.3, 0.4) is 0 Å². The minimum absolute atomic E-state index is 0.149. The van der Waals surface area contributed by atoms with E-state index in [0.29, 0.717) is 5.75 Å². The van der Waals surface area contributed by atoms with Crippen LogP contribution in [-0.4, -0.2) is 15.7 Å². The van der Waals surface area contributed by atoms with E-state index in [1.54, 1.807) is 18.5 Å². The fourth-order valence-corrected chi connectivity index (χ4v) is 2.28. The SMILES string of the molecule is NC(CSc1cccc(F)c1)c1cncnc1. The highest BCUT2D eigenvalue weighted by Gasteiger charge is 2.07. The van der Waals surface area contributed by atoms with E-state index in [-0.39, 0.29) is 11.9 Å². The van der Waals surface area contributed by atoms with Crippen molar-refractivity contribution in [3.63, 3.8) is 0 Å². The van der Waals surface area contributed by atoms with Crippen LogP contribution in [0.1, 0.15) is 11.6 Å². The van der Waals surface area contributed by atoms with Gasteiger partial charge in [-0.25, -0.2) is 14.4 Å². The molecule has 1 aromatic heterocycles. The van der Waals surface area contributed by atoms with Crippen molar-refractivity contribution in [3.8, 4) is 0 Å². The zero-order valence-electron chi connectivity index (χ0n) is 9.08. The van der Waals surface area contributed by atoms with E-state index in [0.717, 1.165) is 10.5 Å². The summed E-state index contributed by atoms with van der Waals surface area (Å²) in [7, 11) is 0. The van der Waals surface area contributed by atoms with Gasteiger partial charge in [-0.1, -0.05) is 6.07 Å². The molecule has 88 valence electrons. The predicted octanol–water partition coefficient (Wildman–Crippen LogP) is 2.41. The van der Waals surface area contributed by atoms with Gasteiger partial charge in [0.15, 0.2) is 0 Å². The van der Waals surface area contributed by atoms with Crippen LogP contribution in [-0.2, 0) is 0 Å². The van der Waals surface area contributed by atoms with Crippen molar-refractivity contribution in [2.75, 3.05) is 5.75 Å². The summed E-state index contributed by atoms with van der Waals surface area (Å²) < 4.78 is 12.9. The number of hydrogen-bond acceptors (Lipinski definition) is 4. The van der Waals surface area contributed by atoms with E-state index < -0.39 is 0 Å². The van der Waals surface area contributed by atoms with Crippen molar-refractivity contribution >= 4 is 11.8 Å². The van der Waals surface area contributed by atoms with Crippen LogP contribution in [0, 0.1) is 5.82 Å². The normalized spacial score (nSPS) is 12.4. The molecule has 1 atom stereocenters. The average molecular weight is 249 g/mol. The fraction of sp³-hybridized carbons (Fsp3) is 0.167. The van der Waals surface area contributed by atoms with Gasteiger partial charge in [0.05, 0.1) is 0 Å². The van der Waals surface area contributed by atoms with E-state index >= 15 is 0 Å². The molecule has 17 heavy (non-hydrogen) atoms. The molecule has 2 rings (SSSR count). The van der Waals surface area contributed by atoms with Gasteiger partial charge >= 0.3 is 0 Å². The molecular weight excluding hydrogens is 237 g/mol. The van der Waals surface area contributed by atoms with Crippen LogP contribution in [0.5, 0.6) is 0 Å². The maximum Gasteiger partial charge on any atom is 0.124 e. The zero-order chi connectivity index (χ0) is 12.1. The monoisotopic (exact) mass is 249 g/mol. The van der Waals surface area contributed by atoms with Crippen LogP contribution in [0.15, 0.2) is 47.9 Å². The number of halogens is 1. The second-order valence-corrected chi connectivity index (χ2v) is 4.64. The summed E-state index contributed by atoms with van der Waals surface area (Å²) in [6.07, 6.45) is 4.86. The molecular formula is C12H12FN3S. The minimum atomic E-state index is -0.230. The van der Waals surface area contributed by atoms with Crippen molar-refractivity contribution < 1.29 is 4.39 Å². The highest BCUT2D eigenvalue weighted by molar-refractivity contribution is 7.99. The smallest absolute Gasteiger partial charge is 0.124 e. The molecule has 0 aliphatic rings. The first kappa shape index (κ1) is 12.0. The molecule has 0 fully saturated rings. The molecule has 5 heteroatoms. The average Bonchev–Trinajstić information content (AvgIpc) is 2.37. The molecule has 1 heterocycles. The Kier molecular flexibility index (Phi) is 4.06. The Morgan fingerprint density at radius 3 is 2.76 bits per heavy atom. The molecule has 0 bridgehead atoms. The lowest BCUT2D eigenvalue weighted by Gasteiger charge is -2.10. The first-order chi connectivity index (χ1) is 8.25. The number of rotatable bonds is 4. The van der Waals surface area contributed by atoms with Crippen molar-refractivity contribution in [2.45, 2.75) is 10.9 Å². The van der Waals surface area contributed by atoms with E-state index in [4.69, 9.17) is 5.73 Å². The number of nitrogens with zero attached hydrogens (tertiary/aromatic N) is 2. The third-order valence-corrected chi connectivity index (χ3v) is 3.35. The number of thioether (sulfide) groups is 1. The third kappa shape index (κ3) is 3.51. The van der Waals surface area contributed by atoms with Crippen LogP contribution in [0.25, 0.3) is 0 Å². The topological polar surface area (TPSA) is 51.8 Å². The summed E-state index contributed by atoms with van der Waals surface area (Å²) in [4.78, 5) is 8.70. The molecule has 0 spiro atoms. The standard InChI is InChI=1S/C12H12FN3S/c13-10-2-1-3-11(4-10)17-7-12(14)9-5-15-8-16-6-9/h1-6,8,12H,7,14H2. The van der Waals surface area contributed by atoms with Gasteiger partial charge in [-0.05, 0) is 18.2 Å². The van der Waals surface area contributed by atoms with Gasteiger partial charge in [-0.3, -0.25) is 0 Å². The second-order valence-electron chi connectivity index (χ2n) is 3.55. The van der Waals surface area contributed by atoms with Crippen LogP contribution in [0.2, 0.25) is 0 Å². The van der Waals surface area contributed by atoms with Gasteiger partial charge in [0.2, 0.25) is 0 Å². The molecule has 0 amide bonds. The lowest BCUT2D eigenvalue weighted by molar-refractivity contribution is 0.624. The first-order valence-corrected chi connectivity index (χ1v) is 6.13. The molecule has 0 saturated heterocycles. The van der Waals surface area contributed by atoms with Crippen molar-refractivity contribution in [2.24, 2.45) is 5.73 Å². The Morgan fingerprint density at radius 2 is 2.06 bits per heavy atom. The van der Waals surface area contributed by atoms with Gasteiger partial charge in [0, 0.05) is 34.6 Å². The van der Waals surface area contributed by atoms with Gasteiger partial charge in [-0.2, -0.15) is 0 Å². The van der Waals surface area contributed by atoms with Crippen LogP contribution >= 0.6 is 11.8 Å². The second kappa shape index (κ2) is 5.75. The molecule has 1 unspecified atom stereocenters. The Morgan fingerprint density at radius 1 is 1.29 bits per heavy atom. The van der Waals surface area contributed by atoms with Gasteiger partial charge < -0.3 is 5.73 Å². The predicted molar refractivity (Wildman–Crippen MR) is 66.1 cm³/mol. The fourth-order valence-electron chi connectivity index (χ4n) is 1.34. The summed E-state index contributed by atoms with van der Waals surface area (Å²) in [5.74, 6) is 0.434. The summed E-state index contributed by atoms with van der Waals surface area (Å²) in [5.41, 5.74) is 6.87. The van der Waals surface area contributed by atoms with E-state index in [9.17, 15) is 4.39 Å². The summed E-state index contributed by atoms with van der Waals surface area (Å²) in [6, 6.07) is 6.33. The third-order valence-electron chi connectivity index (χ3n) is 2.23. The Balaban J connectivity index is 1.95. The molecule has 3 nitrogen and oxygen atoms in total. The van der Waals surface area contributed by atoms with Gasteiger partial charge in [0.25, 0.3) is 0 Å². The number of nitrogens with two attached hydrogens (primary N) is 1. The summed E-state index contributed by atoms with van der Waals surface area (Å²) >= 11 is 1.52. The molecule has 0 aliphatic heterocycles. The molecule has 1 aromatic carbocycles. The lowest BCUT2D eigenvalue weighted by Crippen LogP contribution is -2.13. The molecule has 0 radical (unpaired) electrons. The van der Waals surface area contributed by atoms with Crippen LogP contribution in [0.4, 0.5) is 4.39 Å². The Bertz CT molecular complexity index is 478. The van der Waals surface area contributed by atoms with Gasteiger partial charge in [-0.15, -0.1) is 11.8 Å². The summed E-state index contributed by atoms with van der Waals surface area (Å²) in [6.45, 7) is 0. The molecule has 2 aromatic rings. The highest BCUT2D eigenvalue weighted by atomic mass is 32.2. The summed E-state index contributed by atoms with van der Waals surface area (Å²) in [5, 5.41) is 0. The molecule has 0 aliphatic carbocycles. The maximum atomic E-state index is 12.9.